The molecule has 0 fully saturated rings. The molecule has 2 aromatic carbocycles. The summed E-state index contributed by atoms with van der Waals surface area (Å²) in [5, 5.41) is 2.81. The number of aryl methyl sites for hydroxylation is 2. The van der Waals surface area contributed by atoms with Gasteiger partial charge in [-0.2, -0.15) is 0 Å². The van der Waals surface area contributed by atoms with Crippen LogP contribution in [0, 0.1) is 0 Å². The maximum atomic E-state index is 12.0. The van der Waals surface area contributed by atoms with Crippen molar-refractivity contribution in [3.63, 3.8) is 0 Å². The lowest BCUT2D eigenvalue weighted by atomic mass is 9.92. The summed E-state index contributed by atoms with van der Waals surface area (Å²) in [6.07, 6.45) is 4.74. The van der Waals surface area contributed by atoms with E-state index in [1.165, 1.54) is 24.0 Å². The Balaban J connectivity index is 1.54. The zero-order valence-electron chi connectivity index (χ0n) is 13.3. The number of rotatable bonds is 5. The van der Waals surface area contributed by atoms with Crippen LogP contribution >= 0.6 is 0 Å². The Hall–Kier alpha value is -2.49. The van der Waals surface area contributed by atoms with Gasteiger partial charge in [-0.25, -0.2) is 0 Å². The standard InChI is InChI=1S/C19H21NO3/c1-22-17-10-7-16(8-11-17)20-19(21)13-23-18-9-6-14-4-2-3-5-15(14)12-18/h6-12H,2-5,13H2,1H3,(H,20,21). The lowest BCUT2D eigenvalue weighted by Crippen LogP contribution is -2.20. The molecule has 0 unspecified atom stereocenters. The van der Waals surface area contributed by atoms with Crippen LogP contribution in [-0.4, -0.2) is 19.6 Å². The molecule has 1 aliphatic carbocycles. The van der Waals surface area contributed by atoms with Crippen LogP contribution in [0.15, 0.2) is 42.5 Å². The van der Waals surface area contributed by atoms with Crippen LogP contribution in [0.25, 0.3) is 0 Å². The molecule has 0 spiro atoms. The van der Waals surface area contributed by atoms with Gasteiger partial charge in [0.05, 0.1) is 7.11 Å². The summed E-state index contributed by atoms with van der Waals surface area (Å²) in [4.78, 5) is 12.0. The summed E-state index contributed by atoms with van der Waals surface area (Å²) < 4.78 is 10.7. The average molecular weight is 311 g/mol. The van der Waals surface area contributed by atoms with Crippen LogP contribution in [0.2, 0.25) is 0 Å². The van der Waals surface area contributed by atoms with E-state index in [0.717, 1.165) is 30.0 Å². The van der Waals surface area contributed by atoms with E-state index in [1.54, 1.807) is 31.4 Å². The number of anilines is 1. The van der Waals surface area contributed by atoms with Crippen molar-refractivity contribution in [1.82, 2.24) is 0 Å². The smallest absolute Gasteiger partial charge is 0.262 e. The van der Waals surface area contributed by atoms with E-state index in [2.05, 4.69) is 17.4 Å². The van der Waals surface area contributed by atoms with E-state index in [4.69, 9.17) is 9.47 Å². The fourth-order valence-corrected chi connectivity index (χ4v) is 2.82. The summed E-state index contributed by atoms with van der Waals surface area (Å²) in [7, 11) is 1.61. The Labute approximate surface area is 136 Å². The Morgan fingerprint density at radius 3 is 2.43 bits per heavy atom. The first kappa shape index (κ1) is 15.4. The Morgan fingerprint density at radius 1 is 1.00 bits per heavy atom. The fourth-order valence-electron chi connectivity index (χ4n) is 2.82. The van der Waals surface area contributed by atoms with Gasteiger partial charge in [0.2, 0.25) is 0 Å². The zero-order valence-corrected chi connectivity index (χ0v) is 13.3. The summed E-state index contributed by atoms with van der Waals surface area (Å²) in [6, 6.07) is 13.3. The number of hydrogen-bond acceptors (Lipinski definition) is 3. The third-order valence-corrected chi connectivity index (χ3v) is 4.06. The molecule has 1 amide bonds. The number of benzene rings is 2. The van der Waals surface area contributed by atoms with Crippen LogP contribution < -0.4 is 14.8 Å². The van der Waals surface area contributed by atoms with E-state index in [9.17, 15) is 4.79 Å². The first-order valence-electron chi connectivity index (χ1n) is 7.93. The Kier molecular flexibility index (Phi) is 4.81. The molecule has 0 atom stereocenters. The lowest BCUT2D eigenvalue weighted by Gasteiger charge is -2.16. The molecular formula is C19H21NO3. The molecule has 0 saturated carbocycles. The summed E-state index contributed by atoms with van der Waals surface area (Å²) >= 11 is 0. The van der Waals surface area contributed by atoms with Crippen molar-refractivity contribution >= 4 is 11.6 Å². The molecule has 0 heterocycles. The second-order valence-corrected chi connectivity index (χ2v) is 5.70. The highest BCUT2D eigenvalue weighted by atomic mass is 16.5. The number of hydrogen-bond donors (Lipinski definition) is 1. The molecule has 0 bridgehead atoms. The van der Waals surface area contributed by atoms with E-state index in [-0.39, 0.29) is 12.5 Å². The molecule has 0 aromatic heterocycles. The molecule has 4 nitrogen and oxygen atoms in total. The van der Waals surface area contributed by atoms with E-state index in [1.807, 2.05) is 6.07 Å². The number of nitrogens with one attached hydrogen (secondary N) is 1. The lowest BCUT2D eigenvalue weighted by molar-refractivity contribution is -0.118. The minimum atomic E-state index is -0.173. The van der Waals surface area contributed by atoms with Crippen LogP contribution in [0.4, 0.5) is 5.69 Å². The molecule has 4 heteroatoms. The minimum Gasteiger partial charge on any atom is -0.497 e. The fraction of sp³-hybridized carbons (Fsp3) is 0.316. The maximum absolute atomic E-state index is 12.0. The minimum absolute atomic E-state index is 0.00478. The van der Waals surface area contributed by atoms with Crippen LogP contribution in [0.5, 0.6) is 11.5 Å². The van der Waals surface area contributed by atoms with Gasteiger partial charge in [-0.3, -0.25) is 4.79 Å². The van der Waals surface area contributed by atoms with Crippen molar-refractivity contribution in [2.75, 3.05) is 19.0 Å². The van der Waals surface area contributed by atoms with Crippen LogP contribution in [0.1, 0.15) is 24.0 Å². The number of ether oxygens (including phenoxy) is 2. The summed E-state index contributed by atoms with van der Waals surface area (Å²) in [5.74, 6) is 1.34. The van der Waals surface area contributed by atoms with Crippen molar-refractivity contribution in [1.29, 1.82) is 0 Å². The van der Waals surface area contributed by atoms with Gasteiger partial charge in [0, 0.05) is 5.69 Å². The largest absolute Gasteiger partial charge is 0.497 e. The Bertz CT molecular complexity index is 680. The third kappa shape index (κ3) is 4.03. The molecule has 0 aliphatic heterocycles. The van der Waals surface area contributed by atoms with E-state index < -0.39 is 0 Å². The molecule has 1 N–H and O–H groups in total. The molecule has 120 valence electrons. The molecule has 23 heavy (non-hydrogen) atoms. The van der Waals surface area contributed by atoms with Gasteiger partial charge >= 0.3 is 0 Å². The summed E-state index contributed by atoms with van der Waals surface area (Å²) in [6.45, 7) is 0.00478. The van der Waals surface area contributed by atoms with Crippen molar-refractivity contribution in [3.8, 4) is 11.5 Å². The molecule has 0 saturated heterocycles. The number of carbonyl (C=O) groups excluding carboxylic acids is 1. The number of carbonyl (C=O) groups is 1. The average Bonchev–Trinajstić information content (AvgIpc) is 2.60. The van der Waals surface area contributed by atoms with Crippen molar-refractivity contribution in [2.24, 2.45) is 0 Å². The molecule has 0 radical (unpaired) electrons. The zero-order chi connectivity index (χ0) is 16.1. The predicted molar refractivity (Wildman–Crippen MR) is 90.2 cm³/mol. The second kappa shape index (κ2) is 7.18. The first-order chi connectivity index (χ1) is 11.2. The van der Waals surface area contributed by atoms with Crippen LogP contribution in [0.3, 0.4) is 0 Å². The van der Waals surface area contributed by atoms with Crippen molar-refractivity contribution in [2.45, 2.75) is 25.7 Å². The normalized spacial score (nSPS) is 13.1. The second-order valence-electron chi connectivity index (χ2n) is 5.70. The van der Waals surface area contributed by atoms with E-state index >= 15 is 0 Å². The van der Waals surface area contributed by atoms with Crippen molar-refractivity contribution in [3.05, 3.63) is 53.6 Å². The summed E-state index contributed by atoms with van der Waals surface area (Å²) in [5.41, 5.74) is 3.49. The van der Waals surface area contributed by atoms with Gasteiger partial charge in [0.25, 0.3) is 5.91 Å². The van der Waals surface area contributed by atoms with Gasteiger partial charge in [0.1, 0.15) is 11.5 Å². The number of fused-ring (bicyclic) bond motifs is 1. The van der Waals surface area contributed by atoms with Crippen molar-refractivity contribution < 1.29 is 14.3 Å². The SMILES string of the molecule is COc1ccc(NC(=O)COc2ccc3c(c2)CCCC3)cc1. The predicted octanol–water partition coefficient (Wildman–Crippen LogP) is 3.59. The monoisotopic (exact) mass is 311 g/mol. The van der Waals surface area contributed by atoms with Gasteiger partial charge < -0.3 is 14.8 Å². The topological polar surface area (TPSA) is 47.6 Å². The Morgan fingerprint density at radius 2 is 1.70 bits per heavy atom. The van der Waals surface area contributed by atoms with Gasteiger partial charge in [0.15, 0.2) is 6.61 Å². The highest BCUT2D eigenvalue weighted by molar-refractivity contribution is 5.91. The maximum Gasteiger partial charge on any atom is 0.262 e. The molecular weight excluding hydrogens is 290 g/mol. The van der Waals surface area contributed by atoms with Gasteiger partial charge in [-0.1, -0.05) is 6.07 Å². The third-order valence-electron chi connectivity index (χ3n) is 4.06. The first-order valence-corrected chi connectivity index (χ1v) is 7.93. The number of methoxy groups -OCH3 is 1. The molecule has 1 aliphatic rings. The van der Waals surface area contributed by atoms with Crippen LogP contribution in [-0.2, 0) is 17.6 Å². The highest BCUT2D eigenvalue weighted by Crippen LogP contribution is 2.25. The van der Waals surface area contributed by atoms with Gasteiger partial charge in [-0.15, -0.1) is 0 Å². The molecule has 3 rings (SSSR count). The quantitative estimate of drug-likeness (QED) is 0.918. The van der Waals surface area contributed by atoms with E-state index in [0.29, 0.717) is 0 Å². The van der Waals surface area contributed by atoms with Gasteiger partial charge in [-0.05, 0) is 73.2 Å². The molecule has 2 aromatic rings. The highest BCUT2D eigenvalue weighted by Gasteiger charge is 2.10. The number of amides is 1.